The van der Waals surface area contributed by atoms with Crippen molar-refractivity contribution in [2.75, 3.05) is 19.5 Å². The number of fused-ring (bicyclic) bond motifs is 1. The Morgan fingerprint density at radius 2 is 1.83 bits per heavy atom. The first kappa shape index (κ1) is 11.3. The van der Waals surface area contributed by atoms with Crippen molar-refractivity contribution in [1.82, 2.24) is 10.2 Å². The van der Waals surface area contributed by atoms with E-state index in [1.165, 1.54) is 0 Å². The predicted molar refractivity (Wildman–Crippen MR) is 70.2 cm³/mol. The summed E-state index contributed by atoms with van der Waals surface area (Å²) in [6, 6.07) is 9.75. The van der Waals surface area contributed by atoms with E-state index in [9.17, 15) is 0 Å². The molecule has 1 aliphatic rings. The molecule has 0 fully saturated rings. The fraction of sp³-hybridized carbons (Fsp3) is 0.231. The number of nitrogens with zero attached hydrogens (tertiary/aromatic N) is 2. The molecule has 4 nitrogen and oxygen atoms in total. The summed E-state index contributed by atoms with van der Waals surface area (Å²) in [5.74, 6) is 1.56. The van der Waals surface area contributed by atoms with Crippen LogP contribution in [0.4, 0.5) is 0 Å². The molecule has 0 radical (unpaired) electrons. The lowest BCUT2D eigenvalue weighted by Gasteiger charge is -2.18. The highest BCUT2D eigenvalue weighted by atomic mass is 32.2. The third kappa shape index (κ3) is 2.13. The van der Waals surface area contributed by atoms with Gasteiger partial charge in [-0.2, -0.15) is 0 Å². The highest BCUT2D eigenvalue weighted by Gasteiger charge is 2.12. The Kier molecular flexibility index (Phi) is 3.06. The van der Waals surface area contributed by atoms with E-state index in [0.29, 0.717) is 13.2 Å². The van der Waals surface area contributed by atoms with Gasteiger partial charge in [-0.15, -0.1) is 22.0 Å². The molecular weight excluding hydrogens is 248 g/mol. The SMILES string of the molecule is CSc1ccc(-c2ccc3c(c2)OCCO3)nn1. The van der Waals surface area contributed by atoms with E-state index in [0.717, 1.165) is 27.8 Å². The monoisotopic (exact) mass is 260 g/mol. The zero-order valence-electron chi connectivity index (χ0n) is 9.92. The molecule has 0 saturated carbocycles. The van der Waals surface area contributed by atoms with E-state index in [1.807, 2.05) is 36.6 Å². The third-order valence-corrected chi connectivity index (χ3v) is 3.32. The molecule has 3 rings (SSSR count). The van der Waals surface area contributed by atoms with Crippen molar-refractivity contribution in [3.8, 4) is 22.8 Å². The standard InChI is InChI=1S/C13H12N2O2S/c1-18-13-5-3-10(14-15-13)9-2-4-11-12(8-9)17-7-6-16-11/h2-5,8H,6-7H2,1H3. The van der Waals surface area contributed by atoms with Crippen molar-refractivity contribution in [2.24, 2.45) is 0 Å². The van der Waals surface area contributed by atoms with Gasteiger partial charge in [0, 0.05) is 5.56 Å². The molecule has 0 saturated heterocycles. The van der Waals surface area contributed by atoms with Crippen LogP contribution < -0.4 is 9.47 Å². The Balaban J connectivity index is 1.95. The van der Waals surface area contributed by atoms with Crippen molar-refractivity contribution in [2.45, 2.75) is 5.03 Å². The summed E-state index contributed by atoms with van der Waals surface area (Å²) >= 11 is 1.58. The second-order valence-corrected chi connectivity index (χ2v) is 4.65. The van der Waals surface area contributed by atoms with Crippen molar-refractivity contribution >= 4 is 11.8 Å². The maximum absolute atomic E-state index is 5.55. The van der Waals surface area contributed by atoms with Crippen LogP contribution in [0.3, 0.4) is 0 Å². The second-order valence-electron chi connectivity index (χ2n) is 3.82. The predicted octanol–water partition coefficient (Wildman–Crippen LogP) is 2.64. The van der Waals surface area contributed by atoms with Crippen LogP contribution in [-0.2, 0) is 0 Å². The topological polar surface area (TPSA) is 44.2 Å². The molecule has 1 aromatic heterocycles. The molecule has 92 valence electrons. The average Bonchev–Trinajstić information content (AvgIpc) is 2.47. The summed E-state index contributed by atoms with van der Waals surface area (Å²) in [5.41, 5.74) is 1.82. The summed E-state index contributed by atoms with van der Waals surface area (Å²) in [6.07, 6.45) is 1.98. The van der Waals surface area contributed by atoms with E-state index in [-0.39, 0.29) is 0 Å². The van der Waals surface area contributed by atoms with Crippen LogP contribution in [0.25, 0.3) is 11.3 Å². The number of thioether (sulfide) groups is 1. The van der Waals surface area contributed by atoms with Crippen molar-refractivity contribution in [3.63, 3.8) is 0 Å². The minimum atomic E-state index is 0.591. The van der Waals surface area contributed by atoms with Crippen LogP contribution >= 0.6 is 11.8 Å². The molecule has 0 bridgehead atoms. The van der Waals surface area contributed by atoms with Gasteiger partial charge < -0.3 is 9.47 Å². The third-order valence-electron chi connectivity index (χ3n) is 2.69. The van der Waals surface area contributed by atoms with Gasteiger partial charge in [-0.3, -0.25) is 0 Å². The molecule has 0 unspecified atom stereocenters. The highest BCUT2D eigenvalue weighted by Crippen LogP contribution is 2.33. The Bertz CT molecular complexity index is 557. The molecule has 18 heavy (non-hydrogen) atoms. The van der Waals surface area contributed by atoms with Crippen molar-refractivity contribution < 1.29 is 9.47 Å². The average molecular weight is 260 g/mol. The van der Waals surface area contributed by atoms with Crippen LogP contribution in [-0.4, -0.2) is 29.7 Å². The first-order chi connectivity index (χ1) is 8.86. The zero-order chi connectivity index (χ0) is 12.4. The van der Waals surface area contributed by atoms with Crippen LogP contribution in [0, 0.1) is 0 Å². The van der Waals surface area contributed by atoms with Crippen LogP contribution in [0.2, 0.25) is 0 Å². The molecule has 5 heteroatoms. The van der Waals surface area contributed by atoms with E-state index >= 15 is 0 Å². The molecule has 2 aromatic rings. The molecular formula is C13H12N2O2S. The molecule has 0 atom stereocenters. The molecule has 0 amide bonds. The number of hydrogen-bond donors (Lipinski definition) is 0. The lowest BCUT2D eigenvalue weighted by molar-refractivity contribution is 0.171. The van der Waals surface area contributed by atoms with Crippen molar-refractivity contribution in [1.29, 1.82) is 0 Å². The van der Waals surface area contributed by atoms with Gasteiger partial charge in [0.25, 0.3) is 0 Å². The van der Waals surface area contributed by atoms with Crippen LogP contribution in [0.5, 0.6) is 11.5 Å². The first-order valence-corrected chi connectivity index (χ1v) is 6.87. The van der Waals surface area contributed by atoms with Gasteiger partial charge in [0.05, 0.1) is 5.69 Å². The maximum Gasteiger partial charge on any atom is 0.162 e. The summed E-state index contributed by atoms with van der Waals surface area (Å²) in [6.45, 7) is 1.20. The first-order valence-electron chi connectivity index (χ1n) is 5.64. The Morgan fingerprint density at radius 1 is 1.00 bits per heavy atom. The van der Waals surface area contributed by atoms with E-state index in [1.54, 1.807) is 11.8 Å². The van der Waals surface area contributed by atoms with Gasteiger partial charge >= 0.3 is 0 Å². The minimum absolute atomic E-state index is 0.591. The largest absolute Gasteiger partial charge is 0.486 e. The Labute approximate surface area is 109 Å². The summed E-state index contributed by atoms with van der Waals surface area (Å²) < 4.78 is 11.0. The molecule has 0 spiro atoms. The zero-order valence-corrected chi connectivity index (χ0v) is 10.7. The van der Waals surface area contributed by atoms with Gasteiger partial charge in [0.15, 0.2) is 11.5 Å². The quantitative estimate of drug-likeness (QED) is 0.777. The minimum Gasteiger partial charge on any atom is -0.486 e. The smallest absolute Gasteiger partial charge is 0.162 e. The van der Waals surface area contributed by atoms with Gasteiger partial charge in [0.2, 0.25) is 0 Å². The van der Waals surface area contributed by atoms with Crippen LogP contribution in [0.1, 0.15) is 0 Å². The lowest BCUT2D eigenvalue weighted by atomic mass is 10.1. The molecule has 1 aliphatic heterocycles. The van der Waals surface area contributed by atoms with Gasteiger partial charge in [-0.05, 0) is 36.6 Å². The number of hydrogen-bond acceptors (Lipinski definition) is 5. The summed E-state index contributed by atoms with van der Waals surface area (Å²) in [5, 5.41) is 9.24. The number of rotatable bonds is 2. The fourth-order valence-electron chi connectivity index (χ4n) is 1.79. The highest BCUT2D eigenvalue weighted by molar-refractivity contribution is 7.98. The lowest BCUT2D eigenvalue weighted by Crippen LogP contribution is -2.15. The van der Waals surface area contributed by atoms with E-state index < -0.39 is 0 Å². The van der Waals surface area contributed by atoms with Crippen molar-refractivity contribution in [3.05, 3.63) is 30.3 Å². The van der Waals surface area contributed by atoms with Gasteiger partial charge in [0.1, 0.15) is 18.2 Å². The van der Waals surface area contributed by atoms with Gasteiger partial charge in [-0.25, -0.2) is 0 Å². The Morgan fingerprint density at radius 3 is 2.56 bits per heavy atom. The molecule has 2 heterocycles. The van der Waals surface area contributed by atoms with Crippen LogP contribution in [0.15, 0.2) is 35.4 Å². The number of benzene rings is 1. The Hall–Kier alpha value is -1.75. The van der Waals surface area contributed by atoms with Gasteiger partial charge in [-0.1, -0.05) is 0 Å². The molecule has 0 aliphatic carbocycles. The van der Waals surface area contributed by atoms with E-state index in [2.05, 4.69) is 10.2 Å². The second kappa shape index (κ2) is 4.86. The number of ether oxygens (including phenoxy) is 2. The molecule has 1 aromatic carbocycles. The number of aromatic nitrogens is 2. The van der Waals surface area contributed by atoms with E-state index in [4.69, 9.17) is 9.47 Å². The molecule has 0 N–H and O–H groups in total. The normalized spacial score (nSPS) is 13.4. The summed E-state index contributed by atoms with van der Waals surface area (Å²) in [7, 11) is 0. The summed E-state index contributed by atoms with van der Waals surface area (Å²) in [4.78, 5) is 0. The maximum atomic E-state index is 5.55. The fourth-order valence-corrected chi connectivity index (χ4v) is 2.11.